The Kier molecular flexibility index (Phi) is 14.4. The molecule has 1 unspecified atom stereocenters. The van der Waals surface area contributed by atoms with Crippen molar-refractivity contribution in [2.24, 2.45) is 4.99 Å². The second-order valence-corrected chi connectivity index (χ2v) is 5.08. The Morgan fingerprint density at radius 2 is 1.82 bits per heavy atom. The van der Waals surface area contributed by atoms with Gasteiger partial charge in [-0.15, -0.1) is 24.0 Å². The summed E-state index contributed by atoms with van der Waals surface area (Å²) in [6.07, 6.45) is -2.99. The summed E-state index contributed by atoms with van der Waals surface area (Å²) in [6, 6.07) is 0.178. The Labute approximate surface area is 149 Å². The highest BCUT2D eigenvalue weighted by Gasteiger charge is 2.26. The van der Waals surface area contributed by atoms with E-state index in [1.54, 1.807) is 7.05 Å². The van der Waals surface area contributed by atoms with Crippen LogP contribution >= 0.6 is 24.0 Å². The molecule has 0 radical (unpaired) electrons. The van der Waals surface area contributed by atoms with Gasteiger partial charge in [-0.3, -0.25) is 4.99 Å². The number of halogens is 4. The third-order valence-corrected chi connectivity index (χ3v) is 3.31. The average Bonchev–Trinajstić information content (AvgIpc) is 2.41. The highest BCUT2D eigenvalue weighted by molar-refractivity contribution is 14.0. The first-order chi connectivity index (χ1) is 9.82. The van der Waals surface area contributed by atoms with Gasteiger partial charge in [0.15, 0.2) is 5.96 Å². The van der Waals surface area contributed by atoms with Crippen LogP contribution in [0.5, 0.6) is 0 Å². The highest BCUT2D eigenvalue weighted by Crippen LogP contribution is 2.18. The lowest BCUT2D eigenvalue weighted by atomic mass is 10.2. The second kappa shape index (κ2) is 13.2. The quantitative estimate of drug-likeness (QED) is 0.330. The normalized spacial score (nSPS) is 13.7. The van der Waals surface area contributed by atoms with E-state index in [1.807, 2.05) is 6.92 Å². The number of hydrogen-bond acceptors (Lipinski definition) is 2. The zero-order valence-corrected chi connectivity index (χ0v) is 16.3. The first kappa shape index (κ1) is 24.0. The molecule has 0 aromatic heterocycles. The van der Waals surface area contributed by atoms with Crippen LogP contribution in [0.2, 0.25) is 0 Å². The molecule has 0 heterocycles. The van der Waals surface area contributed by atoms with Gasteiger partial charge in [0.2, 0.25) is 0 Å². The summed E-state index contributed by atoms with van der Waals surface area (Å²) in [6.45, 7) is 9.25. The minimum atomic E-state index is -4.14. The van der Waals surface area contributed by atoms with Crippen molar-refractivity contribution in [3.05, 3.63) is 0 Å². The summed E-state index contributed by atoms with van der Waals surface area (Å²) in [5.74, 6) is 0.426. The van der Waals surface area contributed by atoms with Crippen molar-refractivity contribution >= 4 is 29.9 Å². The first-order valence-corrected chi connectivity index (χ1v) is 7.58. The summed E-state index contributed by atoms with van der Waals surface area (Å²) in [5, 5.41) is 5.80. The van der Waals surface area contributed by atoms with Crippen molar-refractivity contribution in [3.8, 4) is 0 Å². The molecule has 0 spiro atoms. The van der Waals surface area contributed by atoms with Crippen LogP contribution in [0.15, 0.2) is 4.99 Å². The Bertz CT molecular complexity index is 294. The van der Waals surface area contributed by atoms with Crippen molar-refractivity contribution in [1.82, 2.24) is 15.5 Å². The van der Waals surface area contributed by atoms with Gasteiger partial charge in [-0.1, -0.05) is 13.8 Å². The van der Waals surface area contributed by atoms with Gasteiger partial charge in [0.1, 0.15) is 0 Å². The highest BCUT2D eigenvalue weighted by atomic mass is 127. The molecule has 0 saturated carbocycles. The van der Waals surface area contributed by atoms with Gasteiger partial charge in [0, 0.05) is 19.6 Å². The van der Waals surface area contributed by atoms with Gasteiger partial charge in [0.25, 0.3) is 0 Å². The summed E-state index contributed by atoms with van der Waals surface area (Å²) in [4.78, 5) is 6.29. The molecule has 0 aromatic rings. The first-order valence-electron chi connectivity index (χ1n) is 7.58. The summed E-state index contributed by atoms with van der Waals surface area (Å²) >= 11 is 0. The average molecular weight is 438 g/mol. The molecule has 0 bridgehead atoms. The number of hydrogen-bond donors (Lipinski definition) is 2. The van der Waals surface area contributed by atoms with Crippen LogP contribution in [0, 0.1) is 0 Å². The number of aliphatic imine (C=N–C) groups is 1. The van der Waals surface area contributed by atoms with Gasteiger partial charge in [-0.2, -0.15) is 13.2 Å². The Balaban J connectivity index is 0. The van der Waals surface area contributed by atoms with E-state index in [0.29, 0.717) is 5.96 Å². The van der Waals surface area contributed by atoms with Gasteiger partial charge in [0.05, 0.1) is 6.42 Å². The zero-order valence-electron chi connectivity index (χ0n) is 14.0. The monoisotopic (exact) mass is 438 g/mol. The lowest BCUT2D eigenvalue weighted by Crippen LogP contribution is -2.43. The number of alkyl halides is 3. The van der Waals surface area contributed by atoms with Crippen molar-refractivity contribution in [1.29, 1.82) is 0 Å². The van der Waals surface area contributed by atoms with Gasteiger partial charge < -0.3 is 15.5 Å². The molecular formula is C14H30F3IN4. The SMILES string of the molecule is CCN(CC)CCCC(C)NC(=NC)NCCC(F)(F)F.I. The lowest BCUT2D eigenvalue weighted by molar-refractivity contribution is -0.132. The second-order valence-electron chi connectivity index (χ2n) is 5.08. The number of nitrogens with zero attached hydrogens (tertiary/aromatic N) is 2. The van der Waals surface area contributed by atoms with Crippen LogP contribution in [0.3, 0.4) is 0 Å². The molecule has 0 aliphatic heterocycles. The zero-order chi connectivity index (χ0) is 16.3. The molecule has 0 saturated heterocycles. The molecule has 4 nitrogen and oxygen atoms in total. The summed E-state index contributed by atoms with van der Waals surface area (Å²) in [7, 11) is 1.56. The van der Waals surface area contributed by atoms with E-state index in [4.69, 9.17) is 0 Å². The van der Waals surface area contributed by atoms with Gasteiger partial charge in [-0.05, 0) is 39.4 Å². The molecule has 2 N–H and O–H groups in total. The summed E-state index contributed by atoms with van der Waals surface area (Å²) in [5.41, 5.74) is 0. The maximum atomic E-state index is 12.1. The number of nitrogens with one attached hydrogen (secondary N) is 2. The van der Waals surface area contributed by atoms with Crippen LogP contribution in [0.1, 0.15) is 40.0 Å². The molecule has 8 heteroatoms. The molecule has 0 aromatic carbocycles. The Morgan fingerprint density at radius 3 is 2.27 bits per heavy atom. The maximum Gasteiger partial charge on any atom is 0.390 e. The van der Waals surface area contributed by atoms with E-state index in [1.165, 1.54) is 0 Å². The van der Waals surface area contributed by atoms with Crippen LogP contribution in [0.4, 0.5) is 13.2 Å². The topological polar surface area (TPSA) is 39.7 Å². The molecular weight excluding hydrogens is 408 g/mol. The van der Waals surface area contributed by atoms with Gasteiger partial charge >= 0.3 is 6.18 Å². The molecule has 0 aliphatic carbocycles. The van der Waals surface area contributed by atoms with Crippen molar-refractivity contribution in [2.45, 2.75) is 52.3 Å². The van der Waals surface area contributed by atoms with E-state index >= 15 is 0 Å². The van der Waals surface area contributed by atoms with Crippen LogP contribution in [0.25, 0.3) is 0 Å². The number of guanidine groups is 1. The largest absolute Gasteiger partial charge is 0.390 e. The third-order valence-electron chi connectivity index (χ3n) is 3.31. The van der Waals surface area contributed by atoms with E-state index in [-0.39, 0.29) is 36.6 Å². The maximum absolute atomic E-state index is 12.1. The lowest BCUT2D eigenvalue weighted by Gasteiger charge is -2.21. The van der Waals surface area contributed by atoms with Crippen LogP contribution in [-0.2, 0) is 0 Å². The summed E-state index contributed by atoms with van der Waals surface area (Å²) < 4.78 is 36.2. The van der Waals surface area contributed by atoms with E-state index < -0.39 is 12.6 Å². The van der Waals surface area contributed by atoms with Crippen molar-refractivity contribution < 1.29 is 13.2 Å². The molecule has 0 fully saturated rings. The minimum absolute atomic E-state index is 0. The van der Waals surface area contributed by atoms with Crippen molar-refractivity contribution in [2.75, 3.05) is 33.2 Å². The van der Waals surface area contributed by atoms with E-state index in [2.05, 4.69) is 34.4 Å². The van der Waals surface area contributed by atoms with Crippen molar-refractivity contribution in [3.63, 3.8) is 0 Å². The fourth-order valence-corrected chi connectivity index (χ4v) is 1.98. The van der Waals surface area contributed by atoms with Gasteiger partial charge in [-0.25, -0.2) is 0 Å². The van der Waals surface area contributed by atoms with E-state index in [9.17, 15) is 13.2 Å². The fourth-order valence-electron chi connectivity index (χ4n) is 1.98. The molecule has 0 rings (SSSR count). The third kappa shape index (κ3) is 13.4. The number of rotatable bonds is 9. The molecule has 22 heavy (non-hydrogen) atoms. The molecule has 134 valence electrons. The Hall–Kier alpha value is -0.250. The molecule has 1 atom stereocenters. The standard InChI is InChI=1S/C14H29F3N4.HI/c1-5-21(6-2)11-7-8-12(3)20-13(18-4)19-10-9-14(15,16)17;/h12H,5-11H2,1-4H3,(H2,18,19,20);1H. The molecule has 0 amide bonds. The Morgan fingerprint density at radius 1 is 1.23 bits per heavy atom. The minimum Gasteiger partial charge on any atom is -0.356 e. The smallest absolute Gasteiger partial charge is 0.356 e. The fraction of sp³-hybridized carbons (Fsp3) is 0.929. The van der Waals surface area contributed by atoms with Crippen LogP contribution < -0.4 is 10.6 Å². The molecule has 0 aliphatic rings. The predicted molar refractivity (Wildman–Crippen MR) is 97.1 cm³/mol. The van der Waals surface area contributed by atoms with E-state index in [0.717, 1.165) is 32.5 Å². The van der Waals surface area contributed by atoms with Crippen LogP contribution in [-0.4, -0.2) is 56.3 Å². The predicted octanol–water partition coefficient (Wildman–Crippen LogP) is 3.23.